The number of hydrogen-bond acceptors (Lipinski definition) is 5. The maximum Gasteiger partial charge on any atom is 0.251 e. The molecule has 0 radical (unpaired) electrons. The second kappa shape index (κ2) is 9.01. The highest BCUT2D eigenvalue weighted by molar-refractivity contribution is 5.85. The second-order valence-electron chi connectivity index (χ2n) is 7.79. The standard InChI is InChI=1S/C20H30N6O.ClH/c1-12-6-7-25(17(8-12)11-21)19(27)10-18-15(4)24-26(16(18)5)20-22-13(2)9-14(3)23-20;/h9,12,17H,6-8,10-11,21H2,1-5H3;1H. The molecule has 0 saturated carbocycles. The predicted octanol–water partition coefficient (Wildman–Crippen LogP) is 2.45. The van der Waals surface area contributed by atoms with E-state index in [0.717, 1.165) is 47.7 Å². The van der Waals surface area contributed by atoms with Crippen LogP contribution in [0.5, 0.6) is 0 Å². The number of likely N-dealkylation sites (tertiary alicyclic amines) is 1. The first-order chi connectivity index (χ1) is 12.8. The van der Waals surface area contributed by atoms with E-state index in [-0.39, 0.29) is 24.4 Å². The first-order valence-corrected chi connectivity index (χ1v) is 9.67. The Bertz CT molecular complexity index is 829. The van der Waals surface area contributed by atoms with Gasteiger partial charge in [0.1, 0.15) is 0 Å². The highest BCUT2D eigenvalue weighted by Gasteiger charge is 2.30. The largest absolute Gasteiger partial charge is 0.338 e. The molecular weight excluding hydrogens is 376 g/mol. The maximum atomic E-state index is 13.0. The van der Waals surface area contributed by atoms with Crippen LogP contribution in [-0.2, 0) is 11.2 Å². The van der Waals surface area contributed by atoms with Gasteiger partial charge >= 0.3 is 0 Å². The van der Waals surface area contributed by atoms with Gasteiger partial charge in [-0.05, 0) is 52.5 Å². The Morgan fingerprint density at radius 1 is 1.21 bits per heavy atom. The molecule has 1 aliphatic rings. The smallest absolute Gasteiger partial charge is 0.251 e. The van der Waals surface area contributed by atoms with Crippen LogP contribution in [-0.4, -0.2) is 49.7 Å². The number of nitrogens with zero attached hydrogens (tertiary/aromatic N) is 5. The normalized spacial score (nSPS) is 19.4. The highest BCUT2D eigenvalue weighted by atomic mass is 35.5. The van der Waals surface area contributed by atoms with Crippen LogP contribution in [0.25, 0.3) is 5.95 Å². The molecule has 2 unspecified atom stereocenters. The van der Waals surface area contributed by atoms with Crippen molar-refractivity contribution < 1.29 is 4.79 Å². The number of nitrogens with two attached hydrogens (primary N) is 1. The summed E-state index contributed by atoms with van der Waals surface area (Å²) in [6, 6.07) is 2.07. The van der Waals surface area contributed by atoms with E-state index in [1.807, 2.05) is 38.7 Å². The Morgan fingerprint density at radius 2 is 1.86 bits per heavy atom. The molecule has 1 aliphatic heterocycles. The number of aryl methyl sites for hydroxylation is 3. The number of rotatable bonds is 4. The number of aromatic nitrogens is 4. The van der Waals surface area contributed by atoms with E-state index in [1.165, 1.54) is 0 Å². The Balaban J connectivity index is 0.00000280. The third-order valence-electron chi connectivity index (χ3n) is 5.50. The van der Waals surface area contributed by atoms with Crippen molar-refractivity contribution in [2.75, 3.05) is 13.1 Å². The van der Waals surface area contributed by atoms with Gasteiger partial charge in [0.05, 0.1) is 12.1 Å². The van der Waals surface area contributed by atoms with Gasteiger partial charge in [-0.2, -0.15) is 5.10 Å². The number of piperidine rings is 1. The van der Waals surface area contributed by atoms with Crippen molar-refractivity contribution >= 4 is 18.3 Å². The van der Waals surface area contributed by atoms with Gasteiger partial charge in [0.2, 0.25) is 5.91 Å². The Hall–Kier alpha value is -1.99. The van der Waals surface area contributed by atoms with Gasteiger partial charge < -0.3 is 10.6 Å². The zero-order valence-electron chi connectivity index (χ0n) is 17.4. The van der Waals surface area contributed by atoms with E-state index >= 15 is 0 Å². The summed E-state index contributed by atoms with van der Waals surface area (Å²) in [6.07, 6.45) is 2.36. The SMILES string of the molecule is Cc1cc(C)nc(-n2nc(C)c(CC(=O)N3CCC(C)CC3CN)c2C)n1.Cl. The lowest BCUT2D eigenvalue weighted by atomic mass is 9.92. The van der Waals surface area contributed by atoms with Crippen molar-refractivity contribution in [3.05, 3.63) is 34.4 Å². The average Bonchev–Trinajstić information content (AvgIpc) is 2.88. The molecule has 154 valence electrons. The number of carbonyl (C=O) groups excluding carboxylic acids is 1. The average molecular weight is 407 g/mol. The van der Waals surface area contributed by atoms with Crippen LogP contribution >= 0.6 is 12.4 Å². The minimum Gasteiger partial charge on any atom is -0.338 e. The van der Waals surface area contributed by atoms with Crippen LogP contribution in [0.3, 0.4) is 0 Å². The van der Waals surface area contributed by atoms with Crippen molar-refractivity contribution in [1.29, 1.82) is 0 Å². The predicted molar refractivity (Wildman–Crippen MR) is 112 cm³/mol. The molecule has 7 nitrogen and oxygen atoms in total. The lowest BCUT2D eigenvalue weighted by Crippen LogP contribution is -2.49. The summed E-state index contributed by atoms with van der Waals surface area (Å²) in [5, 5.41) is 4.61. The summed E-state index contributed by atoms with van der Waals surface area (Å²) in [7, 11) is 0. The number of carbonyl (C=O) groups is 1. The molecular formula is C20H31ClN6O. The molecule has 2 aromatic rings. The lowest BCUT2D eigenvalue weighted by Gasteiger charge is -2.38. The van der Waals surface area contributed by atoms with E-state index in [2.05, 4.69) is 22.0 Å². The number of hydrogen-bond donors (Lipinski definition) is 1. The van der Waals surface area contributed by atoms with Crippen molar-refractivity contribution in [1.82, 2.24) is 24.6 Å². The molecule has 0 aromatic carbocycles. The third kappa shape index (κ3) is 4.52. The molecule has 28 heavy (non-hydrogen) atoms. The minimum atomic E-state index is 0. The molecule has 2 atom stereocenters. The van der Waals surface area contributed by atoms with Crippen molar-refractivity contribution in [3.63, 3.8) is 0 Å². The summed E-state index contributed by atoms with van der Waals surface area (Å²) in [6.45, 7) is 11.3. The van der Waals surface area contributed by atoms with Crippen molar-refractivity contribution in [2.45, 2.75) is 59.9 Å². The van der Waals surface area contributed by atoms with Crippen LogP contribution in [0.1, 0.15) is 48.1 Å². The molecule has 2 aromatic heterocycles. The van der Waals surface area contributed by atoms with Gasteiger partial charge in [-0.15, -0.1) is 12.4 Å². The minimum absolute atomic E-state index is 0. The Morgan fingerprint density at radius 3 is 2.46 bits per heavy atom. The summed E-state index contributed by atoms with van der Waals surface area (Å²) in [5.74, 6) is 1.30. The summed E-state index contributed by atoms with van der Waals surface area (Å²) >= 11 is 0. The Kier molecular flexibility index (Phi) is 7.17. The Labute approximate surface area is 173 Å². The molecule has 0 spiro atoms. The van der Waals surface area contributed by atoms with Gasteiger partial charge in [-0.1, -0.05) is 6.92 Å². The quantitative estimate of drug-likeness (QED) is 0.842. The topological polar surface area (TPSA) is 89.9 Å². The van der Waals surface area contributed by atoms with Gasteiger partial charge in [0.25, 0.3) is 5.95 Å². The first-order valence-electron chi connectivity index (χ1n) is 9.67. The summed E-state index contributed by atoms with van der Waals surface area (Å²) in [5.41, 5.74) is 10.4. The van der Waals surface area contributed by atoms with Crippen LogP contribution in [0, 0.1) is 33.6 Å². The van der Waals surface area contributed by atoms with E-state index in [0.29, 0.717) is 24.8 Å². The highest BCUT2D eigenvalue weighted by Crippen LogP contribution is 2.24. The molecule has 3 heterocycles. The van der Waals surface area contributed by atoms with E-state index in [1.54, 1.807) is 4.68 Å². The monoisotopic (exact) mass is 406 g/mol. The molecule has 8 heteroatoms. The second-order valence-corrected chi connectivity index (χ2v) is 7.79. The van der Waals surface area contributed by atoms with Crippen LogP contribution in [0.15, 0.2) is 6.07 Å². The zero-order chi connectivity index (χ0) is 19.7. The molecule has 0 aliphatic carbocycles. The van der Waals surface area contributed by atoms with Gasteiger partial charge in [-0.25, -0.2) is 14.6 Å². The maximum absolute atomic E-state index is 13.0. The van der Waals surface area contributed by atoms with Crippen molar-refractivity contribution in [2.24, 2.45) is 11.7 Å². The zero-order valence-corrected chi connectivity index (χ0v) is 18.2. The fraction of sp³-hybridized carbons (Fsp3) is 0.600. The van der Waals surface area contributed by atoms with Gasteiger partial charge in [0.15, 0.2) is 0 Å². The molecule has 1 amide bonds. The van der Waals surface area contributed by atoms with Gasteiger partial charge in [-0.3, -0.25) is 4.79 Å². The fourth-order valence-corrected chi connectivity index (χ4v) is 3.98. The third-order valence-corrected chi connectivity index (χ3v) is 5.50. The van der Waals surface area contributed by atoms with E-state index in [4.69, 9.17) is 5.73 Å². The molecule has 1 saturated heterocycles. The van der Waals surface area contributed by atoms with Crippen LogP contribution in [0.2, 0.25) is 0 Å². The molecule has 1 fully saturated rings. The molecule has 0 bridgehead atoms. The fourth-order valence-electron chi connectivity index (χ4n) is 3.98. The van der Waals surface area contributed by atoms with E-state index in [9.17, 15) is 4.79 Å². The van der Waals surface area contributed by atoms with Crippen LogP contribution < -0.4 is 5.73 Å². The summed E-state index contributed by atoms with van der Waals surface area (Å²) < 4.78 is 1.75. The number of amides is 1. The lowest BCUT2D eigenvalue weighted by molar-refractivity contribution is -0.134. The van der Waals surface area contributed by atoms with Crippen molar-refractivity contribution in [3.8, 4) is 5.95 Å². The van der Waals surface area contributed by atoms with Gasteiger partial charge in [0, 0.05) is 41.8 Å². The van der Waals surface area contributed by atoms with Crippen LogP contribution in [0.4, 0.5) is 0 Å². The molecule has 2 N–H and O–H groups in total. The van der Waals surface area contributed by atoms with E-state index < -0.39 is 0 Å². The summed E-state index contributed by atoms with van der Waals surface area (Å²) in [4.78, 5) is 24.0. The molecule has 3 rings (SSSR count). The number of halogens is 1. The first kappa shape index (κ1) is 22.3.